The number of alkyl halides is 3. The average molecular weight is 309 g/mol. The highest BCUT2D eigenvalue weighted by Gasteiger charge is 2.36. The van der Waals surface area contributed by atoms with Crippen LogP contribution in [0.25, 0.3) is 0 Å². The Bertz CT molecular complexity index is 479. The zero-order valence-corrected chi connectivity index (χ0v) is 11.7. The van der Waals surface area contributed by atoms with Crippen LogP contribution in [-0.2, 0) is 6.18 Å². The van der Waals surface area contributed by atoms with Gasteiger partial charge < -0.3 is 10.2 Å². The lowest BCUT2D eigenvalue weighted by Crippen LogP contribution is -2.51. The summed E-state index contributed by atoms with van der Waals surface area (Å²) in [5.41, 5.74) is -1.14. The van der Waals surface area contributed by atoms with Crippen LogP contribution in [0.3, 0.4) is 0 Å². The van der Waals surface area contributed by atoms with Crippen molar-refractivity contribution in [2.45, 2.75) is 19.1 Å². The van der Waals surface area contributed by atoms with Crippen LogP contribution in [0.4, 0.5) is 13.2 Å². The number of rotatable bonds is 1. The van der Waals surface area contributed by atoms with Gasteiger partial charge in [0.15, 0.2) is 0 Å². The van der Waals surface area contributed by atoms with Crippen LogP contribution in [-0.4, -0.2) is 36.5 Å². The number of amides is 1. The number of hydrogen-bond donors (Lipinski definition) is 1. The van der Waals surface area contributed by atoms with Gasteiger partial charge >= 0.3 is 6.18 Å². The van der Waals surface area contributed by atoms with Gasteiger partial charge in [0.2, 0.25) is 0 Å². The van der Waals surface area contributed by atoms with Crippen molar-refractivity contribution in [1.29, 1.82) is 0 Å². The average Bonchev–Trinajstić information content (AvgIpc) is 2.37. The molecule has 20 heavy (non-hydrogen) atoms. The summed E-state index contributed by atoms with van der Waals surface area (Å²) in [5.74, 6) is -0.554. The number of hydrogen-bond acceptors (Lipinski definition) is 2. The van der Waals surface area contributed by atoms with Crippen molar-refractivity contribution in [1.82, 2.24) is 10.2 Å². The molecule has 1 aromatic rings. The van der Waals surface area contributed by atoms with Crippen molar-refractivity contribution in [3.63, 3.8) is 0 Å². The first kappa shape index (κ1) is 16.8. The predicted molar refractivity (Wildman–Crippen MR) is 72.1 cm³/mol. The van der Waals surface area contributed by atoms with E-state index in [9.17, 15) is 18.0 Å². The Morgan fingerprint density at radius 2 is 2.00 bits per heavy atom. The number of carbonyl (C=O) groups excluding carboxylic acids is 1. The van der Waals surface area contributed by atoms with Gasteiger partial charge in [-0.1, -0.05) is 12.1 Å². The number of nitrogens with zero attached hydrogens (tertiary/aromatic N) is 1. The second-order valence-corrected chi connectivity index (χ2v) is 4.65. The molecule has 3 nitrogen and oxygen atoms in total. The summed E-state index contributed by atoms with van der Waals surface area (Å²) in [6, 6.07) is 5.01. The summed E-state index contributed by atoms with van der Waals surface area (Å²) < 4.78 is 38.6. The monoisotopic (exact) mass is 308 g/mol. The third kappa shape index (κ3) is 3.64. The maximum absolute atomic E-state index is 12.9. The number of piperazine rings is 1. The van der Waals surface area contributed by atoms with E-state index in [0.717, 1.165) is 6.07 Å². The van der Waals surface area contributed by atoms with Crippen LogP contribution in [0, 0.1) is 0 Å². The molecule has 0 bridgehead atoms. The number of benzene rings is 1. The lowest BCUT2D eigenvalue weighted by molar-refractivity contribution is -0.138. The standard InChI is InChI=1S/C13H15F3N2O.ClH/c1-9-8-18(7-6-17-9)12(19)10-4-2-3-5-11(10)13(14,15)16;/h2-5,9,17H,6-8H2,1H3;1H/t9-;/m1./s1. The zero-order valence-electron chi connectivity index (χ0n) is 10.9. The Labute approximate surface area is 121 Å². The van der Waals surface area contributed by atoms with Crippen LogP contribution in [0.2, 0.25) is 0 Å². The summed E-state index contributed by atoms with van der Waals surface area (Å²) in [4.78, 5) is 13.7. The van der Waals surface area contributed by atoms with Gasteiger partial charge in [-0.25, -0.2) is 0 Å². The molecule has 1 amide bonds. The molecule has 1 aliphatic heterocycles. The molecule has 1 aliphatic rings. The molecule has 0 radical (unpaired) electrons. The lowest BCUT2D eigenvalue weighted by Gasteiger charge is -2.32. The van der Waals surface area contributed by atoms with Crippen molar-refractivity contribution in [2.75, 3.05) is 19.6 Å². The van der Waals surface area contributed by atoms with Gasteiger partial charge in [0.1, 0.15) is 0 Å². The summed E-state index contributed by atoms with van der Waals surface area (Å²) >= 11 is 0. The van der Waals surface area contributed by atoms with E-state index in [2.05, 4.69) is 5.32 Å². The normalized spacial score (nSPS) is 19.4. The highest BCUT2D eigenvalue weighted by Crippen LogP contribution is 2.32. The lowest BCUT2D eigenvalue weighted by atomic mass is 10.0. The molecule has 0 spiro atoms. The van der Waals surface area contributed by atoms with Gasteiger partial charge in [-0.3, -0.25) is 4.79 Å². The van der Waals surface area contributed by atoms with Crippen molar-refractivity contribution in [2.24, 2.45) is 0 Å². The van der Waals surface area contributed by atoms with E-state index >= 15 is 0 Å². The van der Waals surface area contributed by atoms with Crippen molar-refractivity contribution < 1.29 is 18.0 Å². The molecular weight excluding hydrogens is 293 g/mol. The van der Waals surface area contributed by atoms with Crippen LogP contribution >= 0.6 is 12.4 Å². The summed E-state index contributed by atoms with van der Waals surface area (Å²) in [6.07, 6.45) is -4.51. The predicted octanol–water partition coefficient (Wildman–Crippen LogP) is 2.56. The highest BCUT2D eigenvalue weighted by atomic mass is 35.5. The highest BCUT2D eigenvalue weighted by molar-refractivity contribution is 5.96. The maximum Gasteiger partial charge on any atom is 0.417 e. The molecule has 0 saturated carbocycles. The first-order valence-corrected chi connectivity index (χ1v) is 6.08. The largest absolute Gasteiger partial charge is 0.417 e. The van der Waals surface area contributed by atoms with E-state index in [1.165, 1.54) is 23.1 Å². The third-order valence-corrected chi connectivity index (χ3v) is 3.12. The summed E-state index contributed by atoms with van der Waals surface area (Å²) in [7, 11) is 0. The number of carbonyl (C=O) groups is 1. The van der Waals surface area contributed by atoms with Gasteiger partial charge in [0.05, 0.1) is 11.1 Å². The Balaban J connectivity index is 0.00000200. The second-order valence-electron chi connectivity index (χ2n) is 4.65. The Kier molecular flexibility index (Phi) is 5.42. The van der Waals surface area contributed by atoms with Crippen molar-refractivity contribution in [3.05, 3.63) is 35.4 Å². The molecular formula is C13H16ClF3N2O. The topological polar surface area (TPSA) is 32.3 Å². The molecule has 2 rings (SSSR count). The van der Waals surface area contributed by atoms with E-state index in [0.29, 0.717) is 19.6 Å². The van der Waals surface area contributed by atoms with E-state index < -0.39 is 17.6 Å². The molecule has 0 aromatic heterocycles. The van der Waals surface area contributed by atoms with Crippen molar-refractivity contribution >= 4 is 18.3 Å². The van der Waals surface area contributed by atoms with Gasteiger partial charge in [-0.2, -0.15) is 13.2 Å². The summed E-state index contributed by atoms with van der Waals surface area (Å²) in [6.45, 7) is 3.34. The first-order valence-electron chi connectivity index (χ1n) is 6.08. The smallest absolute Gasteiger partial charge is 0.336 e. The van der Waals surface area contributed by atoms with E-state index in [-0.39, 0.29) is 24.0 Å². The van der Waals surface area contributed by atoms with Crippen LogP contribution in [0.15, 0.2) is 24.3 Å². The van der Waals surface area contributed by atoms with Crippen molar-refractivity contribution in [3.8, 4) is 0 Å². The number of nitrogens with one attached hydrogen (secondary N) is 1. The Morgan fingerprint density at radius 1 is 1.35 bits per heavy atom. The van der Waals surface area contributed by atoms with E-state index in [1.54, 1.807) is 0 Å². The molecule has 1 fully saturated rings. The van der Waals surface area contributed by atoms with Crippen LogP contribution < -0.4 is 5.32 Å². The molecule has 112 valence electrons. The molecule has 1 heterocycles. The number of halogens is 4. The van der Waals surface area contributed by atoms with Gasteiger partial charge in [-0.05, 0) is 19.1 Å². The molecule has 1 N–H and O–H groups in total. The second kappa shape index (κ2) is 6.45. The quantitative estimate of drug-likeness (QED) is 0.865. The molecule has 0 aliphatic carbocycles. The first-order chi connectivity index (χ1) is 8.89. The Hall–Kier alpha value is -1.27. The molecule has 7 heteroatoms. The summed E-state index contributed by atoms with van der Waals surface area (Å²) in [5, 5.41) is 3.15. The fourth-order valence-electron chi connectivity index (χ4n) is 2.20. The maximum atomic E-state index is 12.9. The van der Waals surface area contributed by atoms with Gasteiger partial charge in [0, 0.05) is 25.7 Å². The fraction of sp³-hybridized carbons (Fsp3) is 0.462. The van der Waals surface area contributed by atoms with Crippen LogP contribution in [0.1, 0.15) is 22.8 Å². The molecule has 0 unspecified atom stereocenters. The molecule has 1 aromatic carbocycles. The SMILES string of the molecule is C[C@@H]1CN(C(=O)c2ccccc2C(F)(F)F)CCN1.Cl. The van der Waals surface area contributed by atoms with Gasteiger partial charge in [-0.15, -0.1) is 12.4 Å². The zero-order chi connectivity index (χ0) is 14.0. The molecule has 1 atom stereocenters. The minimum Gasteiger partial charge on any atom is -0.336 e. The molecule has 1 saturated heterocycles. The Morgan fingerprint density at radius 3 is 2.60 bits per heavy atom. The minimum atomic E-state index is -4.51. The van der Waals surface area contributed by atoms with Crippen LogP contribution in [0.5, 0.6) is 0 Å². The van der Waals surface area contributed by atoms with E-state index in [4.69, 9.17) is 0 Å². The third-order valence-electron chi connectivity index (χ3n) is 3.12. The fourth-order valence-corrected chi connectivity index (χ4v) is 2.20. The minimum absolute atomic E-state index is 0. The van der Waals surface area contributed by atoms with Gasteiger partial charge in [0.25, 0.3) is 5.91 Å². The van der Waals surface area contributed by atoms with E-state index in [1.807, 2.05) is 6.92 Å².